The highest BCUT2D eigenvalue weighted by Gasteiger charge is 2.10. The molecule has 0 aliphatic rings. The average Bonchev–Trinajstić information content (AvgIpc) is 2.31. The number of hydrogen-bond donors (Lipinski definition) is 1. The fourth-order valence-electron chi connectivity index (χ4n) is 1.56. The maximum absolute atomic E-state index is 11.5. The van der Waals surface area contributed by atoms with Gasteiger partial charge in [0.1, 0.15) is 0 Å². The summed E-state index contributed by atoms with van der Waals surface area (Å²) >= 11 is 0. The number of benzene rings is 1. The first-order chi connectivity index (χ1) is 8.43. The van der Waals surface area contributed by atoms with Crippen molar-refractivity contribution in [2.24, 2.45) is 0 Å². The van der Waals surface area contributed by atoms with Gasteiger partial charge in [-0.1, -0.05) is 6.07 Å². The molecule has 1 N–H and O–H groups in total. The van der Waals surface area contributed by atoms with E-state index in [0.29, 0.717) is 18.8 Å². The van der Waals surface area contributed by atoms with Gasteiger partial charge in [0.15, 0.2) is 11.5 Å². The van der Waals surface area contributed by atoms with Crippen LogP contribution in [0.1, 0.15) is 5.56 Å². The molecule has 0 spiro atoms. The molecular formula is C13H20N2O3. The highest BCUT2D eigenvalue weighted by Crippen LogP contribution is 2.26. The largest absolute Gasteiger partial charge is 0.504 e. The summed E-state index contributed by atoms with van der Waals surface area (Å²) in [7, 11) is 6.86. The lowest BCUT2D eigenvalue weighted by Gasteiger charge is -2.19. The highest BCUT2D eigenvalue weighted by molar-refractivity contribution is 5.77. The zero-order chi connectivity index (χ0) is 13.7. The zero-order valence-electron chi connectivity index (χ0n) is 11.3. The van der Waals surface area contributed by atoms with Gasteiger partial charge < -0.3 is 14.7 Å². The van der Waals surface area contributed by atoms with E-state index in [2.05, 4.69) is 0 Å². The van der Waals surface area contributed by atoms with Crippen molar-refractivity contribution in [3.63, 3.8) is 0 Å². The van der Waals surface area contributed by atoms with Crippen molar-refractivity contribution in [1.29, 1.82) is 0 Å². The Morgan fingerprint density at radius 3 is 2.56 bits per heavy atom. The number of phenolic OH excluding ortho intramolecular Hbond substituents is 1. The number of hydrogen-bond acceptors (Lipinski definition) is 4. The molecular weight excluding hydrogens is 232 g/mol. The highest BCUT2D eigenvalue weighted by atomic mass is 16.5. The summed E-state index contributed by atoms with van der Waals surface area (Å²) in [5.74, 6) is 0.622. The van der Waals surface area contributed by atoms with Crippen molar-refractivity contribution in [1.82, 2.24) is 9.80 Å². The summed E-state index contributed by atoms with van der Waals surface area (Å²) in [6.45, 7) is 0.979. The first-order valence-electron chi connectivity index (χ1n) is 5.68. The van der Waals surface area contributed by atoms with Gasteiger partial charge in [-0.3, -0.25) is 9.69 Å². The lowest BCUT2D eigenvalue weighted by molar-refractivity contribution is -0.129. The smallest absolute Gasteiger partial charge is 0.236 e. The van der Waals surface area contributed by atoms with E-state index in [4.69, 9.17) is 4.74 Å². The Hall–Kier alpha value is -1.75. The fraction of sp³-hybridized carbons (Fsp3) is 0.462. The van der Waals surface area contributed by atoms with Crippen molar-refractivity contribution in [3.8, 4) is 11.5 Å². The molecule has 0 aliphatic carbocycles. The van der Waals surface area contributed by atoms with Crippen LogP contribution in [-0.2, 0) is 11.3 Å². The van der Waals surface area contributed by atoms with Crippen LogP contribution in [0.3, 0.4) is 0 Å². The molecule has 1 aromatic carbocycles. The quantitative estimate of drug-likeness (QED) is 0.846. The normalized spacial score (nSPS) is 10.5. The van der Waals surface area contributed by atoms with Crippen LogP contribution in [0.2, 0.25) is 0 Å². The van der Waals surface area contributed by atoms with E-state index in [1.54, 1.807) is 31.1 Å². The van der Waals surface area contributed by atoms with Crippen LogP contribution in [0.4, 0.5) is 0 Å². The number of methoxy groups -OCH3 is 1. The Labute approximate surface area is 108 Å². The average molecular weight is 252 g/mol. The predicted molar refractivity (Wildman–Crippen MR) is 69.7 cm³/mol. The summed E-state index contributed by atoms with van der Waals surface area (Å²) in [5.41, 5.74) is 0.985. The molecule has 5 nitrogen and oxygen atoms in total. The third-order valence-corrected chi connectivity index (χ3v) is 2.60. The third-order valence-electron chi connectivity index (χ3n) is 2.60. The molecule has 1 amide bonds. The number of carbonyl (C=O) groups excluding carboxylic acids is 1. The number of rotatable bonds is 5. The van der Waals surface area contributed by atoms with Crippen molar-refractivity contribution in [3.05, 3.63) is 23.8 Å². The molecule has 0 atom stereocenters. The molecule has 0 radical (unpaired) electrons. The number of ether oxygens (including phenoxy) is 1. The van der Waals surface area contributed by atoms with Crippen molar-refractivity contribution in [2.45, 2.75) is 6.54 Å². The summed E-state index contributed by atoms with van der Waals surface area (Å²) in [4.78, 5) is 15.0. The van der Waals surface area contributed by atoms with E-state index in [1.807, 2.05) is 18.0 Å². The van der Waals surface area contributed by atoms with Gasteiger partial charge in [0, 0.05) is 20.6 Å². The van der Waals surface area contributed by atoms with Crippen LogP contribution in [0.25, 0.3) is 0 Å². The van der Waals surface area contributed by atoms with Gasteiger partial charge >= 0.3 is 0 Å². The second kappa shape index (κ2) is 6.26. The molecule has 0 saturated carbocycles. The Kier molecular flexibility index (Phi) is 4.97. The van der Waals surface area contributed by atoms with E-state index in [9.17, 15) is 9.90 Å². The summed E-state index contributed by atoms with van der Waals surface area (Å²) in [6.07, 6.45) is 0. The summed E-state index contributed by atoms with van der Waals surface area (Å²) < 4.78 is 5.04. The van der Waals surface area contributed by atoms with Crippen LogP contribution in [0.5, 0.6) is 11.5 Å². The van der Waals surface area contributed by atoms with Gasteiger partial charge in [-0.2, -0.15) is 0 Å². The topological polar surface area (TPSA) is 53.0 Å². The van der Waals surface area contributed by atoms with Gasteiger partial charge in [0.2, 0.25) is 5.91 Å². The second-order valence-corrected chi connectivity index (χ2v) is 4.47. The first kappa shape index (κ1) is 14.3. The molecule has 5 heteroatoms. The van der Waals surface area contributed by atoms with Crippen LogP contribution in [0, 0.1) is 0 Å². The molecule has 1 rings (SSSR count). The van der Waals surface area contributed by atoms with Crippen LogP contribution >= 0.6 is 0 Å². The molecule has 0 fully saturated rings. The number of aromatic hydroxyl groups is 1. The minimum absolute atomic E-state index is 0.0586. The van der Waals surface area contributed by atoms with E-state index in [1.165, 1.54) is 7.11 Å². The Balaban J connectivity index is 2.64. The maximum Gasteiger partial charge on any atom is 0.236 e. The van der Waals surface area contributed by atoms with E-state index in [0.717, 1.165) is 5.56 Å². The van der Waals surface area contributed by atoms with Gasteiger partial charge in [0.25, 0.3) is 0 Å². The fourth-order valence-corrected chi connectivity index (χ4v) is 1.56. The Bertz CT molecular complexity index is 419. The second-order valence-electron chi connectivity index (χ2n) is 4.47. The molecule has 0 aliphatic heterocycles. The lowest BCUT2D eigenvalue weighted by atomic mass is 10.2. The van der Waals surface area contributed by atoms with Crippen molar-refractivity contribution >= 4 is 5.91 Å². The van der Waals surface area contributed by atoms with Crippen LogP contribution in [-0.4, -0.2) is 55.6 Å². The minimum Gasteiger partial charge on any atom is -0.504 e. The SMILES string of the molecule is COc1cc(CN(C)CC(=O)N(C)C)ccc1O. The number of nitrogens with zero attached hydrogens (tertiary/aromatic N) is 2. The summed E-state index contributed by atoms with van der Waals surface area (Å²) in [5, 5.41) is 9.49. The number of likely N-dealkylation sites (N-methyl/N-ethyl adjacent to an activating group) is 2. The number of phenols is 1. The monoisotopic (exact) mass is 252 g/mol. The van der Waals surface area contributed by atoms with Gasteiger partial charge in [-0.25, -0.2) is 0 Å². The predicted octanol–water partition coefficient (Wildman–Crippen LogP) is 0.921. The Morgan fingerprint density at radius 2 is 2.00 bits per heavy atom. The molecule has 0 bridgehead atoms. The molecule has 18 heavy (non-hydrogen) atoms. The van der Waals surface area contributed by atoms with Gasteiger partial charge in [-0.15, -0.1) is 0 Å². The molecule has 0 unspecified atom stereocenters. The Morgan fingerprint density at radius 1 is 1.33 bits per heavy atom. The molecule has 0 aromatic heterocycles. The lowest BCUT2D eigenvalue weighted by Crippen LogP contribution is -2.34. The van der Waals surface area contributed by atoms with E-state index < -0.39 is 0 Å². The standard InChI is InChI=1S/C13H20N2O3/c1-14(2)13(17)9-15(3)8-10-5-6-11(16)12(7-10)18-4/h5-7,16H,8-9H2,1-4H3. The number of amides is 1. The van der Waals surface area contributed by atoms with Crippen LogP contribution < -0.4 is 4.74 Å². The van der Waals surface area contributed by atoms with Crippen molar-refractivity contribution in [2.75, 3.05) is 34.8 Å². The number of carbonyl (C=O) groups is 1. The molecule has 0 saturated heterocycles. The van der Waals surface area contributed by atoms with E-state index >= 15 is 0 Å². The zero-order valence-corrected chi connectivity index (χ0v) is 11.3. The van der Waals surface area contributed by atoms with Crippen molar-refractivity contribution < 1.29 is 14.6 Å². The summed E-state index contributed by atoms with van der Waals surface area (Å²) in [6, 6.07) is 5.18. The van der Waals surface area contributed by atoms with Crippen LogP contribution in [0.15, 0.2) is 18.2 Å². The maximum atomic E-state index is 11.5. The van der Waals surface area contributed by atoms with Gasteiger partial charge in [0.05, 0.1) is 13.7 Å². The molecule has 100 valence electrons. The minimum atomic E-state index is 0.0586. The molecule has 1 aromatic rings. The molecule has 0 heterocycles. The van der Waals surface area contributed by atoms with E-state index in [-0.39, 0.29) is 11.7 Å². The first-order valence-corrected chi connectivity index (χ1v) is 5.68. The van der Waals surface area contributed by atoms with Gasteiger partial charge in [-0.05, 0) is 24.7 Å². The third kappa shape index (κ3) is 3.92.